The van der Waals surface area contributed by atoms with E-state index in [1.807, 2.05) is 0 Å². The topological polar surface area (TPSA) is 90.1 Å². The molecule has 1 N–H and O–H groups in total. The van der Waals surface area contributed by atoms with Crippen molar-refractivity contribution < 1.29 is 18.5 Å². The molecule has 22 heavy (non-hydrogen) atoms. The quantitative estimate of drug-likeness (QED) is 0.678. The van der Waals surface area contributed by atoms with Crippen LogP contribution in [-0.4, -0.2) is 20.6 Å². The van der Waals surface area contributed by atoms with Gasteiger partial charge in [-0.3, -0.25) is 19.6 Å². The first-order valence-corrected chi connectivity index (χ1v) is 6.29. The maximum absolute atomic E-state index is 13.0. The number of aryl methyl sites for hydroxylation is 2. The summed E-state index contributed by atoms with van der Waals surface area (Å²) in [6, 6.07) is 2.68. The van der Waals surface area contributed by atoms with Crippen molar-refractivity contribution in [1.82, 2.24) is 9.78 Å². The van der Waals surface area contributed by atoms with E-state index in [2.05, 4.69) is 10.4 Å². The van der Waals surface area contributed by atoms with Crippen LogP contribution in [0.25, 0.3) is 0 Å². The highest BCUT2D eigenvalue weighted by molar-refractivity contribution is 5.90. The Labute approximate surface area is 123 Å². The van der Waals surface area contributed by atoms with Crippen molar-refractivity contribution in [2.75, 3.05) is 5.32 Å². The van der Waals surface area contributed by atoms with Crippen LogP contribution in [0.3, 0.4) is 0 Å². The van der Waals surface area contributed by atoms with Gasteiger partial charge in [-0.15, -0.1) is 0 Å². The number of hydrogen-bond acceptors (Lipinski definition) is 4. The smallest absolute Gasteiger partial charge is 0.309 e. The van der Waals surface area contributed by atoms with E-state index in [1.54, 1.807) is 0 Å². The summed E-state index contributed by atoms with van der Waals surface area (Å²) in [5, 5.41) is 16.9. The van der Waals surface area contributed by atoms with Crippen molar-refractivity contribution in [3.63, 3.8) is 0 Å². The van der Waals surface area contributed by atoms with E-state index in [0.29, 0.717) is 6.07 Å². The number of nitrogens with zero attached hydrogens (tertiary/aromatic N) is 3. The van der Waals surface area contributed by atoms with Gasteiger partial charge in [-0.25, -0.2) is 8.78 Å². The fraction of sp³-hybridized carbons (Fsp3) is 0.231. The van der Waals surface area contributed by atoms with Crippen LogP contribution in [-0.2, 0) is 11.3 Å². The van der Waals surface area contributed by atoms with E-state index in [4.69, 9.17) is 0 Å². The van der Waals surface area contributed by atoms with Crippen molar-refractivity contribution in [3.8, 4) is 0 Å². The Morgan fingerprint density at radius 2 is 2.00 bits per heavy atom. The molecule has 7 nitrogen and oxygen atoms in total. The summed E-state index contributed by atoms with van der Waals surface area (Å²) in [7, 11) is 0. The van der Waals surface area contributed by atoms with Crippen LogP contribution in [0.1, 0.15) is 12.1 Å². The molecule has 0 spiro atoms. The maximum Gasteiger partial charge on any atom is 0.309 e. The summed E-state index contributed by atoms with van der Waals surface area (Å²) in [6.45, 7) is 1.60. The first-order valence-electron chi connectivity index (χ1n) is 6.29. The van der Waals surface area contributed by atoms with Gasteiger partial charge in [-0.1, -0.05) is 0 Å². The van der Waals surface area contributed by atoms with Gasteiger partial charge in [0.1, 0.15) is 23.5 Å². The van der Waals surface area contributed by atoms with E-state index in [0.717, 1.165) is 12.1 Å². The highest BCUT2D eigenvalue weighted by Crippen LogP contribution is 2.16. The van der Waals surface area contributed by atoms with Gasteiger partial charge in [0, 0.05) is 24.7 Å². The molecule has 0 saturated carbocycles. The second-order valence-electron chi connectivity index (χ2n) is 4.58. The highest BCUT2D eigenvalue weighted by atomic mass is 19.1. The lowest BCUT2D eigenvalue weighted by molar-refractivity contribution is -0.385. The van der Waals surface area contributed by atoms with Gasteiger partial charge in [-0.2, -0.15) is 5.10 Å². The van der Waals surface area contributed by atoms with Crippen molar-refractivity contribution >= 4 is 17.3 Å². The molecule has 1 aromatic carbocycles. The Hall–Kier alpha value is -2.84. The molecule has 0 aliphatic rings. The number of benzene rings is 1. The third-order valence-electron chi connectivity index (χ3n) is 2.83. The van der Waals surface area contributed by atoms with Crippen LogP contribution in [0, 0.1) is 28.7 Å². The average Bonchev–Trinajstić information content (AvgIpc) is 2.76. The van der Waals surface area contributed by atoms with Crippen molar-refractivity contribution in [1.29, 1.82) is 0 Å². The van der Waals surface area contributed by atoms with Crippen LogP contribution >= 0.6 is 0 Å². The number of rotatable bonds is 5. The molecule has 2 rings (SSSR count). The maximum atomic E-state index is 13.0. The molecule has 0 radical (unpaired) electrons. The predicted molar refractivity (Wildman–Crippen MR) is 73.2 cm³/mol. The second-order valence-corrected chi connectivity index (χ2v) is 4.58. The molecule has 0 bridgehead atoms. The third kappa shape index (κ3) is 3.84. The third-order valence-corrected chi connectivity index (χ3v) is 2.83. The number of hydrogen-bond donors (Lipinski definition) is 1. The molecule has 9 heteroatoms. The second kappa shape index (κ2) is 6.29. The number of nitro groups is 1. The van der Waals surface area contributed by atoms with E-state index in [9.17, 15) is 23.7 Å². The number of amides is 1. The van der Waals surface area contributed by atoms with Crippen LogP contribution in [0.2, 0.25) is 0 Å². The van der Waals surface area contributed by atoms with E-state index >= 15 is 0 Å². The summed E-state index contributed by atoms with van der Waals surface area (Å²) in [5.74, 6) is -2.08. The van der Waals surface area contributed by atoms with Crippen molar-refractivity contribution in [2.24, 2.45) is 0 Å². The van der Waals surface area contributed by atoms with Gasteiger partial charge in [0.2, 0.25) is 5.91 Å². The van der Waals surface area contributed by atoms with Crippen molar-refractivity contribution in [2.45, 2.75) is 19.9 Å². The Morgan fingerprint density at radius 1 is 1.36 bits per heavy atom. The number of nitrogens with one attached hydrogen (secondary N) is 1. The number of carbonyl (C=O) groups excluding carboxylic acids is 1. The van der Waals surface area contributed by atoms with Crippen LogP contribution in [0.5, 0.6) is 0 Å². The molecule has 1 aromatic heterocycles. The molecule has 0 aliphatic carbocycles. The van der Waals surface area contributed by atoms with E-state index in [1.165, 1.54) is 17.8 Å². The number of aromatic nitrogens is 2. The minimum Gasteiger partial charge on any atom is -0.326 e. The van der Waals surface area contributed by atoms with E-state index < -0.39 is 22.5 Å². The number of carbonyl (C=O) groups is 1. The SMILES string of the molecule is Cc1nn(CCC(=O)Nc2cc(F)cc(F)c2)cc1[N+](=O)[O-]. The normalized spacial score (nSPS) is 10.5. The predicted octanol–water partition coefficient (Wildman–Crippen LogP) is 2.41. The summed E-state index contributed by atoms with van der Waals surface area (Å²) < 4.78 is 27.2. The zero-order valence-corrected chi connectivity index (χ0v) is 11.5. The molecular formula is C13H12F2N4O3. The Morgan fingerprint density at radius 3 is 2.55 bits per heavy atom. The highest BCUT2D eigenvalue weighted by Gasteiger charge is 2.15. The molecule has 0 saturated heterocycles. The zero-order chi connectivity index (χ0) is 16.3. The zero-order valence-electron chi connectivity index (χ0n) is 11.5. The Bertz CT molecular complexity index is 710. The molecule has 2 aromatic rings. The largest absolute Gasteiger partial charge is 0.326 e. The molecular weight excluding hydrogens is 298 g/mol. The summed E-state index contributed by atoms with van der Waals surface area (Å²) in [5.41, 5.74) is 0.121. The number of halogens is 2. The average molecular weight is 310 g/mol. The first kappa shape index (κ1) is 15.5. The van der Waals surface area contributed by atoms with Gasteiger partial charge >= 0.3 is 5.69 Å². The first-order chi connectivity index (χ1) is 10.3. The van der Waals surface area contributed by atoms with Crippen LogP contribution in [0.15, 0.2) is 24.4 Å². The van der Waals surface area contributed by atoms with Gasteiger partial charge in [0.05, 0.1) is 4.92 Å². The van der Waals surface area contributed by atoms with Gasteiger partial charge in [-0.05, 0) is 19.1 Å². The molecule has 1 amide bonds. The minimum absolute atomic E-state index is 0.00475. The Kier molecular flexibility index (Phi) is 4.44. The van der Waals surface area contributed by atoms with Crippen LogP contribution in [0.4, 0.5) is 20.2 Å². The summed E-state index contributed by atoms with van der Waals surface area (Å²) in [4.78, 5) is 21.8. The molecule has 0 unspecified atom stereocenters. The molecule has 0 aliphatic heterocycles. The fourth-order valence-corrected chi connectivity index (χ4v) is 1.87. The van der Waals surface area contributed by atoms with E-state index in [-0.39, 0.29) is 30.0 Å². The summed E-state index contributed by atoms with van der Waals surface area (Å²) >= 11 is 0. The minimum atomic E-state index is -0.798. The molecule has 1 heterocycles. The number of anilines is 1. The molecule has 0 atom stereocenters. The Balaban J connectivity index is 1.95. The monoisotopic (exact) mass is 310 g/mol. The fourth-order valence-electron chi connectivity index (χ4n) is 1.87. The lowest BCUT2D eigenvalue weighted by atomic mass is 10.3. The summed E-state index contributed by atoms with van der Waals surface area (Å²) in [6.07, 6.45) is 1.18. The standard InChI is InChI=1S/C13H12F2N4O3/c1-8-12(19(21)22)7-18(17-8)3-2-13(20)16-11-5-9(14)4-10(15)6-11/h4-7H,2-3H2,1H3,(H,16,20). The van der Waals surface area contributed by atoms with Gasteiger partial charge in [0.25, 0.3) is 0 Å². The lowest BCUT2D eigenvalue weighted by Crippen LogP contribution is -2.15. The molecule has 116 valence electrons. The van der Waals surface area contributed by atoms with Gasteiger partial charge < -0.3 is 5.32 Å². The van der Waals surface area contributed by atoms with Gasteiger partial charge in [0.15, 0.2) is 0 Å². The molecule has 0 fully saturated rings. The lowest BCUT2D eigenvalue weighted by Gasteiger charge is -2.05. The van der Waals surface area contributed by atoms with Crippen molar-refractivity contribution in [3.05, 3.63) is 51.8 Å². The van der Waals surface area contributed by atoms with Crippen LogP contribution < -0.4 is 5.32 Å².